The minimum Gasteiger partial charge on any atom is -0.486 e. The number of benzene rings is 2. The Morgan fingerprint density at radius 3 is 2.53 bits per heavy atom. The van der Waals surface area contributed by atoms with E-state index in [9.17, 15) is 8.42 Å². The number of methoxy groups -OCH3 is 1. The second-order valence-electron chi connectivity index (χ2n) is 6.75. The van der Waals surface area contributed by atoms with Crippen LogP contribution in [0.4, 0.5) is 5.88 Å². The molecule has 0 radical (unpaired) electrons. The summed E-state index contributed by atoms with van der Waals surface area (Å²) in [5.41, 5.74) is 1.76. The number of oxazole rings is 1. The van der Waals surface area contributed by atoms with E-state index in [0.29, 0.717) is 43.4 Å². The zero-order valence-corrected chi connectivity index (χ0v) is 17.5. The van der Waals surface area contributed by atoms with Crippen LogP contribution in [0.25, 0.3) is 11.5 Å². The summed E-state index contributed by atoms with van der Waals surface area (Å²) in [5.74, 6) is 1.18. The Kier molecular flexibility index (Phi) is 5.65. The lowest BCUT2D eigenvalue weighted by Gasteiger charge is -2.18. The summed E-state index contributed by atoms with van der Waals surface area (Å²) in [4.78, 5) is 4.37. The second kappa shape index (κ2) is 8.37. The average Bonchev–Trinajstić information content (AvgIpc) is 3.19. The van der Waals surface area contributed by atoms with Gasteiger partial charge in [0.15, 0.2) is 11.5 Å². The van der Waals surface area contributed by atoms with Crippen molar-refractivity contribution in [3.05, 3.63) is 48.0 Å². The Bertz CT molecular complexity index is 1140. The molecule has 1 N–H and O–H groups in total. The van der Waals surface area contributed by atoms with E-state index in [4.69, 9.17) is 18.6 Å². The SMILES string of the molecule is COCCNc1oc(-c2ccc(C)cc2)nc1S(=O)(=O)c1ccc2c(c1)OCCO2. The summed E-state index contributed by atoms with van der Waals surface area (Å²) in [6, 6.07) is 12.0. The van der Waals surface area contributed by atoms with Crippen LogP contribution < -0.4 is 14.8 Å². The molecule has 4 rings (SSSR count). The summed E-state index contributed by atoms with van der Waals surface area (Å²) >= 11 is 0. The van der Waals surface area contributed by atoms with Gasteiger partial charge < -0.3 is 23.9 Å². The Hall–Kier alpha value is -3.04. The number of nitrogens with one attached hydrogen (secondary N) is 1. The van der Waals surface area contributed by atoms with E-state index >= 15 is 0 Å². The zero-order chi connectivity index (χ0) is 21.1. The van der Waals surface area contributed by atoms with E-state index in [0.717, 1.165) is 5.56 Å². The van der Waals surface area contributed by atoms with Gasteiger partial charge in [-0.1, -0.05) is 17.7 Å². The molecule has 30 heavy (non-hydrogen) atoms. The predicted molar refractivity (Wildman–Crippen MR) is 110 cm³/mol. The van der Waals surface area contributed by atoms with E-state index in [1.807, 2.05) is 31.2 Å². The van der Waals surface area contributed by atoms with Crippen LogP contribution in [-0.4, -0.2) is 46.9 Å². The Morgan fingerprint density at radius 1 is 1.07 bits per heavy atom. The van der Waals surface area contributed by atoms with Crippen molar-refractivity contribution in [3.8, 4) is 23.0 Å². The molecule has 0 atom stereocenters. The molecule has 1 aromatic heterocycles. The highest BCUT2D eigenvalue weighted by molar-refractivity contribution is 7.91. The van der Waals surface area contributed by atoms with Crippen LogP contribution in [0.5, 0.6) is 11.5 Å². The first kappa shape index (κ1) is 20.2. The number of sulfone groups is 1. The quantitative estimate of drug-likeness (QED) is 0.570. The van der Waals surface area contributed by atoms with E-state index < -0.39 is 9.84 Å². The molecule has 3 aromatic rings. The highest BCUT2D eigenvalue weighted by Gasteiger charge is 2.30. The van der Waals surface area contributed by atoms with E-state index in [1.54, 1.807) is 13.2 Å². The van der Waals surface area contributed by atoms with Gasteiger partial charge in [-0.2, -0.15) is 4.98 Å². The summed E-state index contributed by atoms with van der Waals surface area (Å²) in [6.07, 6.45) is 0. The molecular formula is C21H22N2O6S. The molecule has 0 spiro atoms. The fourth-order valence-electron chi connectivity index (χ4n) is 2.99. The summed E-state index contributed by atoms with van der Waals surface area (Å²) < 4.78 is 48.6. The van der Waals surface area contributed by atoms with Gasteiger partial charge in [-0.25, -0.2) is 8.42 Å². The molecule has 8 nitrogen and oxygen atoms in total. The van der Waals surface area contributed by atoms with Crippen molar-refractivity contribution in [1.82, 2.24) is 4.98 Å². The summed E-state index contributed by atoms with van der Waals surface area (Å²) in [7, 11) is -2.42. The van der Waals surface area contributed by atoms with Gasteiger partial charge in [0, 0.05) is 25.3 Å². The average molecular weight is 430 g/mol. The maximum atomic E-state index is 13.4. The molecule has 158 valence electrons. The number of hydrogen-bond acceptors (Lipinski definition) is 8. The lowest BCUT2D eigenvalue weighted by molar-refractivity contribution is 0.171. The van der Waals surface area contributed by atoms with Gasteiger partial charge in [-0.05, 0) is 31.2 Å². The van der Waals surface area contributed by atoms with Gasteiger partial charge in [0.2, 0.25) is 26.6 Å². The lowest BCUT2D eigenvalue weighted by atomic mass is 10.1. The van der Waals surface area contributed by atoms with Crippen molar-refractivity contribution in [2.45, 2.75) is 16.8 Å². The fraction of sp³-hybridized carbons (Fsp3) is 0.286. The van der Waals surface area contributed by atoms with Crippen molar-refractivity contribution in [1.29, 1.82) is 0 Å². The maximum Gasteiger partial charge on any atom is 0.233 e. The molecule has 2 aromatic carbocycles. The first-order chi connectivity index (χ1) is 14.5. The second-order valence-corrected chi connectivity index (χ2v) is 8.61. The van der Waals surface area contributed by atoms with Crippen LogP contribution in [0.3, 0.4) is 0 Å². The largest absolute Gasteiger partial charge is 0.486 e. The fourth-order valence-corrected chi connectivity index (χ4v) is 4.28. The normalized spacial score (nSPS) is 13.3. The number of rotatable bonds is 7. The molecule has 0 fully saturated rings. The van der Waals surface area contributed by atoms with E-state index in [2.05, 4.69) is 10.3 Å². The van der Waals surface area contributed by atoms with Crippen molar-refractivity contribution in [2.24, 2.45) is 0 Å². The monoisotopic (exact) mass is 430 g/mol. The van der Waals surface area contributed by atoms with Crippen molar-refractivity contribution in [2.75, 3.05) is 38.8 Å². The van der Waals surface area contributed by atoms with Gasteiger partial charge >= 0.3 is 0 Å². The third-order valence-electron chi connectivity index (χ3n) is 4.56. The molecule has 1 aliphatic heterocycles. The van der Waals surface area contributed by atoms with Crippen molar-refractivity contribution < 1.29 is 27.0 Å². The zero-order valence-electron chi connectivity index (χ0n) is 16.7. The highest BCUT2D eigenvalue weighted by atomic mass is 32.2. The minimum absolute atomic E-state index is 0.0466. The van der Waals surface area contributed by atoms with Crippen molar-refractivity contribution >= 4 is 15.7 Å². The molecule has 2 heterocycles. The van der Waals surface area contributed by atoms with Crippen LogP contribution in [0.1, 0.15) is 5.56 Å². The van der Waals surface area contributed by atoms with Crippen LogP contribution in [-0.2, 0) is 14.6 Å². The Balaban J connectivity index is 1.76. The third kappa shape index (κ3) is 3.99. The van der Waals surface area contributed by atoms with Gasteiger partial charge in [0.25, 0.3) is 0 Å². The summed E-state index contributed by atoms with van der Waals surface area (Å²) in [6.45, 7) is 3.50. The molecule has 0 saturated heterocycles. The number of aromatic nitrogens is 1. The smallest absolute Gasteiger partial charge is 0.233 e. The van der Waals surface area contributed by atoms with Gasteiger partial charge in [-0.3, -0.25) is 0 Å². The number of ether oxygens (including phenoxy) is 3. The van der Waals surface area contributed by atoms with Crippen LogP contribution in [0.15, 0.2) is 56.8 Å². The maximum absolute atomic E-state index is 13.4. The topological polar surface area (TPSA) is 99.9 Å². The Morgan fingerprint density at radius 2 is 1.80 bits per heavy atom. The number of hydrogen-bond donors (Lipinski definition) is 1. The van der Waals surface area contributed by atoms with Crippen LogP contribution in [0, 0.1) is 6.92 Å². The van der Waals surface area contributed by atoms with Gasteiger partial charge in [-0.15, -0.1) is 0 Å². The van der Waals surface area contributed by atoms with Crippen molar-refractivity contribution in [3.63, 3.8) is 0 Å². The van der Waals surface area contributed by atoms with Crippen LogP contribution in [0.2, 0.25) is 0 Å². The molecule has 0 unspecified atom stereocenters. The molecule has 0 aliphatic carbocycles. The van der Waals surface area contributed by atoms with E-state index in [-0.39, 0.29) is 21.7 Å². The van der Waals surface area contributed by atoms with Gasteiger partial charge in [0.1, 0.15) is 13.2 Å². The first-order valence-corrected chi connectivity index (χ1v) is 10.9. The number of nitrogens with zero attached hydrogens (tertiary/aromatic N) is 1. The minimum atomic E-state index is -3.98. The molecular weight excluding hydrogens is 408 g/mol. The molecule has 0 amide bonds. The van der Waals surface area contributed by atoms with Gasteiger partial charge in [0.05, 0.1) is 11.5 Å². The first-order valence-electron chi connectivity index (χ1n) is 9.44. The molecule has 0 bridgehead atoms. The number of fused-ring (bicyclic) bond motifs is 1. The summed E-state index contributed by atoms with van der Waals surface area (Å²) in [5, 5.41) is 2.78. The molecule has 0 saturated carbocycles. The predicted octanol–water partition coefficient (Wildman–Crippen LogP) is 3.31. The molecule has 9 heteroatoms. The molecule has 1 aliphatic rings. The van der Waals surface area contributed by atoms with E-state index in [1.165, 1.54) is 12.1 Å². The lowest BCUT2D eigenvalue weighted by Crippen LogP contribution is -2.16. The third-order valence-corrected chi connectivity index (χ3v) is 6.23. The highest BCUT2D eigenvalue weighted by Crippen LogP contribution is 2.37. The standard InChI is InChI=1S/C21H22N2O6S/c1-14-3-5-15(6-4-14)19-23-21(20(29-19)22-9-10-26-2)30(24,25)16-7-8-17-18(13-16)28-12-11-27-17/h3-8,13,22H,9-12H2,1-2H3. The van der Waals surface area contributed by atoms with Crippen LogP contribution >= 0.6 is 0 Å². The number of aryl methyl sites for hydroxylation is 1. The Labute approximate surface area is 174 Å². The number of anilines is 1.